The summed E-state index contributed by atoms with van der Waals surface area (Å²) in [6, 6.07) is 0. The summed E-state index contributed by atoms with van der Waals surface area (Å²) in [7, 11) is 0. The summed E-state index contributed by atoms with van der Waals surface area (Å²) in [4.78, 5) is 18.6. The zero-order valence-electron chi connectivity index (χ0n) is 9.24. The molecule has 0 radical (unpaired) electrons. The van der Waals surface area contributed by atoms with Gasteiger partial charge in [0, 0.05) is 24.7 Å². The van der Waals surface area contributed by atoms with Crippen molar-refractivity contribution >= 4 is 0 Å². The van der Waals surface area contributed by atoms with E-state index in [0.717, 1.165) is 37.3 Å². The van der Waals surface area contributed by atoms with Gasteiger partial charge in [0.15, 0.2) is 0 Å². The summed E-state index contributed by atoms with van der Waals surface area (Å²) in [5, 5.41) is 0. The molecule has 16 heavy (non-hydrogen) atoms. The van der Waals surface area contributed by atoms with Crippen LogP contribution in [0.4, 0.5) is 0 Å². The van der Waals surface area contributed by atoms with Crippen LogP contribution in [0.1, 0.15) is 30.0 Å². The number of ether oxygens (including phenoxy) is 1. The number of hydrogen-bond acceptors (Lipinski definition) is 4. The first-order chi connectivity index (χ1) is 7.83. The molecule has 88 valence electrons. The summed E-state index contributed by atoms with van der Waals surface area (Å²) >= 11 is 0. The standard InChI is InChI=1S/C11H17N3O2/c12-4-1-9-10(13-7-14-11(9)15)8-2-5-16-6-3-8/h7-8H,1-6,12H2,(H,13,14,15). The van der Waals surface area contributed by atoms with Gasteiger partial charge in [-0.1, -0.05) is 0 Å². The van der Waals surface area contributed by atoms with Crippen molar-refractivity contribution in [3.05, 3.63) is 27.9 Å². The Morgan fingerprint density at radius 3 is 2.94 bits per heavy atom. The van der Waals surface area contributed by atoms with E-state index in [0.29, 0.717) is 18.9 Å². The Kier molecular flexibility index (Phi) is 3.69. The third-order valence-corrected chi connectivity index (χ3v) is 2.98. The van der Waals surface area contributed by atoms with Crippen LogP contribution in [-0.2, 0) is 11.2 Å². The van der Waals surface area contributed by atoms with Crippen LogP contribution >= 0.6 is 0 Å². The first-order valence-electron chi connectivity index (χ1n) is 5.67. The van der Waals surface area contributed by atoms with E-state index in [-0.39, 0.29) is 5.56 Å². The van der Waals surface area contributed by atoms with Crippen molar-refractivity contribution in [2.24, 2.45) is 5.73 Å². The van der Waals surface area contributed by atoms with Gasteiger partial charge in [-0.25, -0.2) is 4.98 Å². The SMILES string of the molecule is NCCc1c(C2CCOCC2)nc[nH]c1=O. The maximum atomic E-state index is 11.7. The minimum Gasteiger partial charge on any atom is -0.381 e. The molecule has 0 bridgehead atoms. The maximum absolute atomic E-state index is 11.7. The predicted molar refractivity (Wildman–Crippen MR) is 60.4 cm³/mol. The highest BCUT2D eigenvalue weighted by Gasteiger charge is 2.21. The van der Waals surface area contributed by atoms with E-state index in [9.17, 15) is 4.79 Å². The van der Waals surface area contributed by atoms with Crippen LogP contribution in [0.5, 0.6) is 0 Å². The molecule has 3 N–H and O–H groups in total. The van der Waals surface area contributed by atoms with Crippen LogP contribution < -0.4 is 11.3 Å². The van der Waals surface area contributed by atoms with E-state index >= 15 is 0 Å². The highest BCUT2D eigenvalue weighted by Crippen LogP contribution is 2.26. The lowest BCUT2D eigenvalue weighted by molar-refractivity contribution is 0.0842. The number of nitrogens with one attached hydrogen (secondary N) is 1. The number of aromatic amines is 1. The van der Waals surface area contributed by atoms with Gasteiger partial charge >= 0.3 is 0 Å². The van der Waals surface area contributed by atoms with Crippen molar-refractivity contribution < 1.29 is 4.74 Å². The van der Waals surface area contributed by atoms with Gasteiger partial charge in [-0.05, 0) is 25.8 Å². The summed E-state index contributed by atoms with van der Waals surface area (Å²) in [6.07, 6.45) is 3.95. The van der Waals surface area contributed by atoms with E-state index in [2.05, 4.69) is 9.97 Å². The number of H-pyrrole nitrogens is 1. The van der Waals surface area contributed by atoms with Crippen LogP contribution in [0.2, 0.25) is 0 Å². The topological polar surface area (TPSA) is 81.0 Å². The molecule has 1 aliphatic rings. The lowest BCUT2D eigenvalue weighted by Crippen LogP contribution is -2.24. The molecule has 1 saturated heterocycles. The van der Waals surface area contributed by atoms with Gasteiger partial charge in [0.1, 0.15) is 0 Å². The van der Waals surface area contributed by atoms with Crippen LogP contribution in [-0.4, -0.2) is 29.7 Å². The van der Waals surface area contributed by atoms with Gasteiger partial charge in [-0.15, -0.1) is 0 Å². The predicted octanol–water partition coefficient (Wildman–Crippen LogP) is 0.165. The van der Waals surface area contributed by atoms with Crippen LogP contribution in [0.15, 0.2) is 11.1 Å². The molecular formula is C11H17N3O2. The van der Waals surface area contributed by atoms with Crippen LogP contribution in [0.25, 0.3) is 0 Å². The fourth-order valence-corrected chi connectivity index (χ4v) is 2.15. The first-order valence-corrected chi connectivity index (χ1v) is 5.67. The molecule has 2 rings (SSSR count). The summed E-state index contributed by atoms with van der Waals surface area (Å²) in [5.41, 5.74) is 7.13. The maximum Gasteiger partial charge on any atom is 0.254 e. The number of nitrogens with zero attached hydrogens (tertiary/aromatic N) is 1. The molecule has 0 aromatic carbocycles. The lowest BCUT2D eigenvalue weighted by atomic mass is 9.92. The summed E-state index contributed by atoms with van der Waals surface area (Å²) < 4.78 is 5.31. The molecule has 2 heterocycles. The average Bonchev–Trinajstić information content (AvgIpc) is 2.33. The fourth-order valence-electron chi connectivity index (χ4n) is 2.15. The van der Waals surface area contributed by atoms with E-state index in [1.807, 2.05) is 0 Å². The van der Waals surface area contributed by atoms with Crippen LogP contribution in [0, 0.1) is 0 Å². The Bertz CT molecular complexity index is 396. The second-order valence-corrected chi connectivity index (χ2v) is 4.02. The van der Waals surface area contributed by atoms with Crippen molar-refractivity contribution in [2.45, 2.75) is 25.2 Å². The van der Waals surface area contributed by atoms with Gasteiger partial charge in [0.2, 0.25) is 0 Å². The largest absolute Gasteiger partial charge is 0.381 e. The van der Waals surface area contributed by atoms with Crippen molar-refractivity contribution in [1.82, 2.24) is 9.97 Å². The Hall–Kier alpha value is -1.20. The van der Waals surface area contributed by atoms with E-state index in [1.54, 1.807) is 0 Å². The number of nitrogens with two attached hydrogens (primary N) is 1. The smallest absolute Gasteiger partial charge is 0.254 e. The van der Waals surface area contributed by atoms with Crippen molar-refractivity contribution in [2.75, 3.05) is 19.8 Å². The van der Waals surface area contributed by atoms with Gasteiger partial charge in [0.05, 0.1) is 12.0 Å². The van der Waals surface area contributed by atoms with Crippen molar-refractivity contribution in [3.8, 4) is 0 Å². The Morgan fingerprint density at radius 1 is 1.50 bits per heavy atom. The molecule has 0 aliphatic carbocycles. The molecule has 0 amide bonds. The van der Waals surface area contributed by atoms with Gasteiger partial charge in [-0.3, -0.25) is 4.79 Å². The quantitative estimate of drug-likeness (QED) is 0.765. The highest BCUT2D eigenvalue weighted by molar-refractivity contribution is 5.21. The van der Waals surface area contributed by atoms with E-state index in [1.165, 1.54) is 6.33 Å². The first kappa shape index (κ1) is 11.3. The average molecular weight is 223 g/mol. The second kappa shape index (κ2) is 5.23. The van der Waals surface area contributed by atoms with Gasteiger partial charge in [0.25, 0.3) is 5.56 Å². The minimum absolute atomic E-state index is 0.0538. The van der Waals surface area contributed by atoms with Crippen molar-refractivity contribution in [3.63, 3.8) is 0 Å². The molecule has 1 aromatic rings. The van der Waals surface area contributed by atoms with Gasteiger partial charge in [-0.2, -0.15) is 0 Å². The molecule has 1 aromatic heterocycles. The second-order valence-electron chi connectivity index (χ2n) is 4.02. The van der Waals surface area contributed by atoms with Crippen LogP contribution in [0.3, 0.4) is 0 Å². The van der Waals surface area contributed by atoms with E-state index < -0.39 is 0 Å². The molecule has 0 unspecified atom stereocenters. The summed E-state index contributed by atoms with van der Waals surface area (Å²) in [6.45, 7) is 1.98. The zero-order chi connectivity index (χ0) is 11.4. The molecule has 5 nitrogen and oxygen atoms in total. The Labute approximate surface area is 94.0 Å². The molecular weight excluding hydrogens is 206 g/mol. The third-order valence-electron chi connectivity index (χ3n) is 2.98. The zero-order valence-corrected chi connectivity index (χ0v) is 9.24. The van der Waals surface area contributed by atoms with E-state index in [4.69, 9.17) is 10.5 Å². The van der Waals surface area contributed by atoms with Crippen molar-refractivity contribution in [1.29, 1.82) is 0 Å². The Morgan fingerprint density at radius 2 is 2.25 bits per heavy atom. The number of hydrogen-bond donors (Lipinski definition) is 2. The molecule has 5 heteroatoms. The number of rotatable bonds is 3. The highest BCUT2D eigenvalue weighted by atomic mass is 16.5. The molecule has 1 aliphatic heterocycles. The Balaban J connectivity index is 2.30. The molecule has 1 fully saturated rings. The normalized spacial score (nSPS) is 17.6. The molecule has 0 atom stereocenters. The fraction of sp³-hybridized carbons (Fsp3) is 0.636. The summed E-state index contributed by atoms with van der Waals surface area (Å²) in [5.74, 6) is 0.345. The van der Waals surface area contributed by atoms with Gasteiger partial charge < -0.3 is 15.5 Å². The third kappa shape index (κ3) is 2.31. The number of aromatic nitrogens is 2. The molecule has 0 spiro atoms. The monoisotopic (exact) mass is 223 g/mol. The minimum atomic E-state index is -0.0538. The lowest BCUT2D eigenvalue weighted by Gasteiger charge is -2.22. The molecule has 0 saturated carbocycles.